The summed E-state index contributed by atoms with van der Waals surface area (Å²) in [5.74, 6) is -0.185. The third-order valence-electron chi connectivity index (χ3n) is 5.66. The van der Waals surface area contributed by atoms with E-state index in [4.69, 9.17) is 0 Å². The van der Waals surface area contributed by atoms with Crippen LogP contribution in [-0.2, 0) is 11.3 Å². The number of para-hydroxylation sites is 1. The lowest BCUT2D eigenvalue weighted by atomic mass is 10.0. The summed E-state index contributed by atoms with van der Waals surface area (Å²) in [7, 11) is 0. The van der Waals surface area contributed by atoms with Gasteiger partial charge in [-0.3, -0.25) is 4.79 Å². The van der Waals surface area contributed by atoms with E-state index in [9.17, 15) is 9.59 Å². The number of rotatable bonds is 4. The minimum atomic E-state index is -0.718. The van der Waals surface area contributed by atoms with Crippen molar-refractivity contribution in [3.8, 4) is 5.69 Å². The summed E-state index contributed by atoms with van der Waals surface area (Å²) < 4.78 is 1.83. The van der Waals surface area contributed by atoms with Crippen molar-refractivity contribution < 1.29 is 9.59 Å². The van der Waals surface area contributed by atoms with Gasteiger partial charge in [-0.15, -0.1) is 0 Å². The predicted octanol–water partition coefficient (Wildman–Crippen LogP) is 3.18. The minimum absolute atomic E-state index is 0.185. The van der Waals surface area contributed by atoms with Crippen molar-refractivity contribution in [2.45, 2.75) is 33.4 Å². The second-order valence-electron chi connectivity index (χ2n) is 7.86. The molecule has 31 heavy (non-hydrogen) atoms. The lowest BCUT2D eigenvalue weighted by molar-refractivity contribution is -0.127. The van der Waals surface area contributed by atoms with Crippen LogP contribution in [0, 0.1) is 20.8 Å². The normalized spacial score (nSPS) is 16.2. The van der Waals surface area contributed by atoms with Gasteiger partial charge in [-0.25, -0.2) is 9.48 Å². The van der Waals surface area contributed by atoms with Crippen LogP contribution in [0.15, 0.2) is 54.6 Å². The van der Waals surface area contributed by atoms with Gasteiger partial charge >= 0.3 is 6.03 Å². The van der Waals surface area contributed by atoms with Crippen molar-refractivity contribution >= 4 is 11.9 Å². The summed E-state index contributed by atoms with van der Waals surface area (Å²) in [4.78, 5) is 27.6. The van der Waals surface area contributed by atoms with Gasteiger partial charge in [0.15, 0.2) is 0 Å². The Kier molecular flexibility index (Phi) is 5.75. The first kappa shape index (κ1) is 20.7. The van der Waals surface area contributed by atoms with E-state index < -0.39 is 6.04 Å². The molecule has 2 heterocycles. The molecule has 1 atom stereocenters. The molecule has 160 valence electrons. The van der Waals surface area contributed by atoms with Crippen LogP contribution in [0.1, 0.15) is 34.1 Å². The lowest BCUT2D eigenvalue weighted by Gasteiger charge is -2.35. The molecule has 3 aromatic rings. The molecular formula is C24H27N5O2. The smallest absolute Gasteiger partial charge is 0.318 e. The van der Waals surface area contributed by atoms with E-state index in [2.05, 4.69) is 15.7 Å². The highest BCUT2D eigenvalue weighted by molar-refractivity contribution is 5.89. The largest absolute Gasteiger partial charge is 0.352 e. The SMILES string of the molecule is Cc1ccc(CNC(=O)N2CCNC(=O)[C@@H]2c2c(C)nn(-c3ccccc3)c2C)cc1. The second-order valence-corrected chi connectivity index (χ2v) is 7.86. The molecule has 4 rings (SSSR count). The van der Waals surface area contributed by atoms with Crippen molar-refractivity contribution in [2.24, 2.45) is 0 Å². The van der Waals surface area contributed by atoms with Crippen molar-refractivity contribution in [2.75, 3.05) is 13.1 Å². The number of urea groups is 1. The average Bonchev–Trinajstić information content (AvgIpc) is 3.07. The van der Waals surface area contributed by atoms with E-state index >= 15 is 0 Å². The van der Waals surface area contributed by atoms with E-state index in [1.807, 2.05) is 80.1 Å². The van der Waals surface area contributed by atoms with Crippen LogP contribution in [0.4, 0.5) is 4.79 Å². The number of nitrogens with zero attached hydrogens (tertiary/aromatic N) is 3. The zero-order valence-corrected chi connectivity index (χ0v) is 18.1. The van der Waals surface area contributed by atoms with Crippen LogP contribution in [0.2, 0.25) is 0 Å². The summed E-state index contributed by atoms with van der Waals surface area (Å²) in [5.41, 5.74) is 5.46. The molecule has 7 nitrogen and oxygen atoms in total. The maximum atomic E-state index is 13.1. The van der Waals surface area contributed by atoms with Gasteiger partial charge < -0.3 is 15.5 Å². The Morgan fingerprint density at radius 2 is 1.81 bits per heavy atom. The number of carbonyl (C=O) groups is 2. The molecule has 0 unspecified atom stereocenters. The van der Waals surface area contributed by atoms with Gasteiger partial charge in [0.25, 0.3) is 0 Å². The number of aryl methyl sites for hydroxylation is 2. The third kappa shape index (κ3) is 4.17. The number of aromatic nitrogens is 2. The summed E-state index contributed by atoms with van der Waals surface area (Å²) in [6.07, 6.45) is 0. The van der Waals surface area contributed by atoms with Gasteiger partial charge in [-0.2, -0.15) is 5.10 Å². The van der Waals surface area contributed by atoms with E-state index in [1.54, 1.807) is 4.90 Å². The Hall–Kier alpha value is -3.61. The average molecular weight is 418 g/mol. The van der Waals surface area contributed by atoms with Crippen molar-refractivity contribution in [1.29, 1.82) is 0 Å². The van der Waals surface area contributed by atoms with Crippen molar-refractivity contribution in [3.05, 3.63) is 82.7 Å². The van der Waals surface area contributed by atoms with Crippen LogP contribution >= 0.6 is 0 Å². The lowest BCUT2D eigenvalue weighted by Crippen LogP contribution is -2.55. The van der Waals surface area contributed by atoms with E-state index in [0.29, 0.717) is 19.6 Å². The number of amides is 3. The first-order valence-electron chi connectivity index (χ1n) is 10.4. The topological polar surface area (TPSA) is 79.3 Å². The first-order chi connectivity index (χ1) is 15.0. The standard InChI is InChI=1S/C24H27N5O2/c1-16-9-11-19(12-10-16)15-26-24(31)28-14-13-25-23(30)22(28)21-17(2)27-29(18(21)3)20-7-5-4-6-8-20/h4-12,22H,13-15H2,1-3H3,(H,25,30)(H,26,31)/t22-/m0/s1. The van der Waals surface area contributed by atoms with Crippen LogP contribution in [0.5, 0.6) is 0 Å². The molecular weight excluding hydrogens is 390 g/mol. The number of hydrogen-bond donors (Lipinski definition) is 2. The summed E-state index contributed by atoms with van der Waals surface area (Å²) >= 11 is 0. The maximum Gasteiger partial charge on any atom is 0.318 e. The fraction of sp³-hybridized carbons (Fsp3) is 0.292. The zero-order chi connectivity index (χ0) is 22.0. The van der Waals surface area contributed by atoms with Crippen LogP contribution in [0.3, 0.4) is 0 Å². The molecule has 1 aliphatic rings. The third-order valence-corrected chi connectivity index (χ3v) is 5.66. The van der Waals surface area contributed by atoms with Gasteiger partial charge in [-0.1, -0.05) is 48.0 Å². The molecule has 0 spiro atoms. The van der Waals surface area contributed by atoms with Gasteiger partial charge in [0, 0.05) is 30.9 Å². The van der Waals surface area contributed by atoms with Gasteiger partial charge in [0.2, 0.25) is 5.91 Å². The fourth-order valence-corrected chi connectivity index (χ4v) is 4.03. The number of piperazine rings is 1. The number of carbonyl (C=O) groups excluding carboxylic acids is 2. The molecule has 3 amide bonds. The minimum Gasteiger partial charge on any atom is -0.352 e. The molecule has 0 bridgehead atoms. The molecule has 0 radical (unpaired) electrons. The molecule has 0 saturated carbocycles. The molecule has 0 aliphatic carbocycles. The number of nitrogens with one attached hydrogen (secondary N) is 2. The van der Waals surface area contributed by atoms with Gasteiger partial charge in [-0.05, 0) is 38.5 Å². The van der Waals surface area contributed by atoms with E-state index in [-0.39, 0.29) is 11.9 Å². The van der Waals surface area contributed by atoms with Crippen LogP contribution < -0.4 is 10.6 Å². The van der Waals surface area contributed by atoms with Crippen LogP contribution in [-0.4, -0.2) is 39.7 Å². The predicted molar refractivity (Wildman–Crippen MR) is 119 cm³/mol. The number of hydrogen-bond acceptors (Lipinski definition) is 3. The molecule has 7 heteroatoms. The molecule has 1 aliphatic heterocycles. The Bertz CT molecular complexity index is 1090. The van der Waals surface area contributed by atoms with Crippen molar-refractivity contribution in [3.63, 3.8) is 0 Å². The molecule has 2 aromatic carbocycles. The summed E-state index contributed by atoms with van der Waals surface area (Å²) in [6.45, 7) is 7.12. The molecule has 2 N–H and O–H groups in total. The Balaban J connectivity index is 1.61. The highest BCUT2D eigenvalue weighted by atomic mass is 16.2. The van der Waals surface area contributed by atoms with Crippen molar-refractivity contribution in [1.82, 2.24) is 25.3 Å². The van der Waals surface area contributed by atoms with Crippen LogP contribution in [0.25, 0.3) is 5.69 Å². The highest BCUT2D eigenvalue weighted by Gasteiger charge is 2.38. The van der Waals surface area contributed by atoms with Gasteiger partial charge in [0.1, 0.15) is 6.04 Å². The van der Waals surface area contributed by atoms with Gasteiger partial charge in [0.05, 0.1) is 11.4 Å². The Morgan fingerprint density at radius 1 is 1.10 bits per heavy atom. The zero-order valence-electron chi connectivity index (χ0n) is 18.1. The summed E-state index contributed by atoms with van der Waals surface area (Å²) in [6, 6.07) is 16.8. The fourth-order valence-electron chi connectivity index (χ4n) is 4.03. The van der Waals surface area contributed by atoms with E-state index in [0.717, 1.165) is 28.2 Å². The monoisotopic (exact) mass is 417 g/mol. The molecule has 1 aromatic heterocycles. The molecule has 1 saturated heterocycles. The van der Waals surface area contributed by atoms with E-state index in [1.165, 1.54) is 5.56 Å². The first-order valence-corrected chi connectivity index (χ1v) is 10.4. The molecule has 1 fully saturated rings. The highest BCUT2D eigenvalue weighted by Crippen LogP contribution is 2.30. The Morgan fingerprint density at radius 3 is 2.52 bits per heavy atom. The number of benzene rings is 2. The second kappa shape index (κ2) is 8.63. The quantitative estimate of drug-likeness (QED) is 0.684. The maximum absolute atomic E-state index is 13.1. The Labute approximate surface area is 182 Å². The summed E-state index contributed by atoms with van der Waals surface area (Å²) in [5, 5.41) is 10.5.